The second kappa shape index (κ2) is 15.0. The Bertz CT molecular complexity index is 657. The Morgan fingerprint density at radius 3 is 1.71 bits per heavy atom. The van der Waals surface area contributed by atoms with E-state index < -0.39 is 56.1 Å². The van der Waals surface area contributed by atoms with Crippen molar-refractivity contribution in [3.63, 3.8) is 0 Å². The Labute approximate surface area is 215 Å². The third kappa shape index (κ3) is 13.5. The number of aliphatic hydroxyl groups is 3. The molecule has 0 spiro atoms. The van der Waals surface area contributed by atoms with E-state index >= 15 is 0 Å². The molecule has 0 aromatic carbocycles. The van der Waals surface area contributed by atoms with Gasteiger partial charge in [0.1, 0.15) is 25.4 Å². The van der Waals surface area contributed by atoms with E-state index in [0.717, 1.165) is 12.8 Å². The Hall–Kier alpha value is 0.220. The predicted octanol–water partition coefficient (Wildman–Crippen LogP) is 4.52. The molecule has 0 aromatic rings. The molecule has 212 valence electrons. The zero-order valence-electron chi connectivity index (χ0n) is 23.8. The van der Waals surface area contributed by atoms with Crippen LogP contribution in [0.4, 0.5) is 0 Å². The number of unbranched alkanes of at least 4 members (excludes halogenated alkanes) is 2. The number of hydrogen-bond donors (Lipinski definition) is 3. The number of rotatable bonds is 17. The van der Waals surface area contributed by atoms with Crippen molar-refractivity contribution in [2.45, 2.75) is 129 Å². The van der Waals surface area contributed by atoms with Crippen molar-refractivity contribution in [2.24, 2.45) is 0 Å². The summed E-state index contributed by atoms with van der Waals surface area (Å²) in [4.78, 5) is 0. The molecule has 0 saturated heterocycles. The quantitative estimate of drug-likeness (QED) is 0.180. The summed E-state index contributed by atoms with van der Waals surface area (Å²) >= 11 is 0. The standard InChI is InChI=1S/C25H54O8P2/c1-19(16-26)31-18-24(8,9)34(29)14-12-11-13-15-35(30)25(10,33-23(5,6)7)21(28)20(17-27)32-22(2,3)4/h19-21,26-28,34-35H,11-18H2,1-10H3. The molecule has 0 fully saturated rings. The van der Waals surface area contributed by atoms with E-state index in [0.29, 0.717) is 25.4 Å². The fourth-order valence-electron chi connectivity index (χ4n) is 3.75. The van der Waals surface area contributed by atoms with Crippen molar-refractivity contribution in [2.75, 3.05) is 32.1 Å². The van der Waals surface area contributed by atoms with Gasteiger partial charge in [-0.3, -0.25) is 0 Å². The van der Waals surface area contributed by atoms with Crippen molar-refractivity contribution in [3.8, 4) is 0 Å². The van der Waals surface area contributed by atoms with Crippen LogP contribution in [0.15, 0.2) is 0 Å². The highest BCUT2D eigenvalue weighted by Gasteiger charge is 2.47. The smallest absolute Gasteiger partial charge is 0.144 e. The highest BCUT2D eigenvalue weighted by molar-refractivity contribution is 7.46. The molecule has 0 aromatic heterocycles. The van der Waals surface area contributed by atoms with Crippen LogP contribution in [-0.2, 0) is 23.3 Å². The van der Waals surface area contributed by atoms with Crippen LogP contribution in [0.1, 0.15) is 88.5 Å². The fraction of sp³-hybridized carbons (Fsp3) is 1.00. The van der Waals surface area contributed by atoms with Crippen LogP contribution >= 0.6 is 15.6 Å². The van der Waals surface area contributed by atoms with Gasteiger partial charge >= 0.3 is 0 Å². The molecule has 0 rings (SSSR count). The van der Waals surface area contributed by atoms with E-state index in [2.05, 4.69) is 0 Å². The Balaban J connectivity index is 5.04. The minimum Gasteiger partial charge on any atom is -0.394 e. The normalized spacial score (nSPS) is 19.6. The third-order valence-electron chi connectivity index (χ3n) is 5.72. The molecule has 6 unspecified atom stereocenters. The van der Waals surface area contributed by atoms with Gasteiger partial charge in [0.05, 0.1) is 44.9 Å². The zero-order valence-corrected chi connectivity index (χ0v) is 25.8. The SMILES string of the molecule is CC(CO)OCC(C)(C)[PH](=O)CCCCC[PH](=O)C(C)(OC(C)(C)C)C(O)C(CO)OC(C)(C)C. The molecular formula is C25H54O8P2. The predicted molar refractivity (Wildman–Crippen MR) is 145 cm³/mol. The van der Waals surface area contributed by atoms with E-state index in [1.54, 1.807) is 13.8 Å². The van der Waals surface area contributed by atoms with Gasteiger partial charge in [-0.05, 0) is 74.4 Å². The molecule has 0 radical (unpaired) electrons. The lowest BCUT2D eigenvalue weighted by Crippen LogP contribution is -2.53. The Morgan fingerprint density at radius 2 is 1.29 bits per heavy atom. The molecule has 0 aliphatic rings. The maximum atomic E-state index is 13.5. The molecule has 6 atom stereocenters. The van der Waals surface area contributed by atoms with Gasteiger partial charge in [0, 0.05) is 11.3 Å². The highest BCUT2D eigenvalue weighted by atomic mass is 31.1. The van der Waals surface area contributed by atoms with Crippen molar-refractivity contribution in [1.29, 1.82) is 0 Å². The molecule has 0 bridgehead atoms. The third-order valence-corrected chi connectivity index (χ3v) is 10.5. The second-order valence-electron chi connectivity index (χ2n) is 12.3. The average molecular weight is 545 g/mol. The molecule has 10 heteroatoms. The van der Waals surface area contributed by atoms with Crippen molar-refractivity contribution in [3.05, 3.63) is 0 Å². The maximum absolute atomic E-state index is 13.5. The van der Waals surface area contributed by atoms with Crippen LogP contribution in [0.25, 0.3) is 0 Å². The second-order valence-corrected chi connectivity index (χ2v) is 17.4. The van der Waals surface area contributed by atoms with Gasteiger partial charge in [-0.1, -0.05) is 20.3 Å². The van der Waals surface area contributed by atoms with Gasteiger partial charge in [-0.25, -0.2) is 0 Å². The first-order valence-electron chi connectivity index (χ1n) is 12.7. The molecule has 35 heavy (non-hydrogen) atoms. The average Bonchev–Trinajstić information content (AvgIpc) is 2.72. The summed E-state index contributed by atoms with van der Waals surface area (Å²) in [5.74, 6) is 0. The Kier molecular flexibility index (Phi) is 15.1. The van der Waals surface area contributed by atoms with Gasteiger partial charge in [0.25, 0.3) is 0 Å². The van der Waals surface area contributed by atoms with Crippen molar-refractivity contribution in [1.82, 2.24) is 0 Å². The lowest BCUT2D eigenvalue weighted by atomic mass is 10.1. The van der Waals surface area contributed by atoms with Gasteiger partial charge in [-0.15, -0.1) is 0 Å². The van der Waals surface area contributed by atoms with E-state index in [9.17, 15) is 19.3 Å². The summed E-state index contributed by atoms with van der Waals surface area (Å²) in [7, 11) is -4.35. The van der Waals surface area contributed by atoms with Crippen LogP contribution in [-0.4, -0.2) is 87.5 Å². The van der Waals surface area contributed by atoms with E-state index in [-0.39, 0.29) is 12.7 Å². The molecule has 0 saturated carbocycles. The van der Waals surface area contributed by atoms with Gasteiger partial charge in [-0.2, -0.15) is 0 Å². The topological polar surface area (TPSA) is 123 Å². The highest BCUT2D eigenvalue weighted by Crippen LogP contribution is 2.47. The molecular weight excluding hydrogens is 490 g/mol. The van der Waals surface area contributed by atoms with Gasteiger partial charge in [0.15, 0.2) is 0 Å². The first-order chi connectivity index (χ1) is 15.8. The van der Waals surface area contributed by atoms with Crippen molar-refractivity contribution >= 4 is 15.6 Å². The van der Waals surface area contributed by atoms with E-state index in [1.165, 1.54) is 0 Å². The zero-order chi connectivity index (χ0) is 27.7. The number of ether oxygens (including phenoxy) is 3. The molecule has 3 N–H and O–H groups in total. The summed E-state index contributed by atoms with van der Waals surface area (Å²) < 4.78 is 43.8. The van der Waals surface area contributed by atoms with Crippen LogP contribution in [0, 0.1) is 0 Å². The molecule has 0 aliphatic heterocycles. The summed E-state index contributed by atoms with van der Waals surface area (Å²) in [5, 5.41) is 28.3. The summed E-state index contributed by atoms with van der Waals surface area (Å²) in [6, 6.07) is 0. The summed E-state index contributed by atoms with van der Waals surface area (Å²) in [6.07, 6.45) is 0.656. The molecule has 0 heterocycles. The van der Waals surface area contributed by atoms with Crippen LogP contribution in [0.3, 0.4) is 0 Å². The minimum atomic E-state index is -2.44. The summed E-state index contributed by atoms with van der Waals surface area (Å²) in [6.45, 7) is 18.2. The van der Waals surface area contributed by atoms with E-state index in [1.807, 2.05) is 55.4 Å². The lowest BCUT2D eigenvalue weighted by molar-refractivity contribution is -0.193. The first kappa shape index (κ1) is 35.2. The minimum absolute atomic E-state index is 0.0653. The first-order valence-corrected chi connectivity index (χ1v) is 16.0. The van der Waals surface area contributed by atoms with Gasteiger partial charge < -0.3 is 38.7 Å². The molecule has 0 aliphatic carbocycles. The van der Waals surface area contributed by atoms with Crippen LogP contribution in [0.2, 0.25) is 0 Å². The van der Waals surface area contributed by atoms with Crippen LogP contribution in [0.5, 0.6) is 0 Å². The lowest BCUT2D eigenvalue weighted by Gasteiger charge is -2.43. The largest absolute Gasteiger partial charge is 0.394 e. The number of aliphatic hydroxyl groups excluding tert-OH is 3. The summed E-state index contributed by atoms with van der Waals surface area (Å²) in [5.41, 5.74) is -1.25. The van der Waals surface area contributed by atoms with E-state index in [4.69, 9.17) is 19.3 Å². The van der Waals surface area contributed by atoms with Crippen LogP contribution < -0.4 is 0 Å². The Morgan fingerprint density at radius 1 is 0.771 bits per heavy atom. The molecule has 8 nitrogen and oxygen atoms in total. The molecule has 0 amide bonds. The fourth-order valence-corrected chi connectivity index (χ4v) is 7.24. The number of hydrogen-bond acceptors (Lipinski definition) is 8. The monoisotopic (exact) mass is 544 g/mol. The maximum Gasteiger partial charge on any atom is 0.144 e. The van der Waals surface area contributed by atoms with Gasteiger partial charge in [0.2, 0.25) is 0 Å². The van der Waals surface area contributed by atoms with Crippen molar-refractivity contribution < 1.29 is 38.7 Å².